The molecule has 0 radical (unpaired) electrons. The molecule has 92 valence electrons. The fourth-order valence-electron chi connectivity index (χ4n) is 2.70. The minimum Gasteiger partial charge on any atom is -0.390 e. The molecule has 1 heterocycles. The van der Waals surface area contributed by atoms with Gasteiger partial charge in [0.15, 0.2) is 0 Å². The molecule has 1 aliphatic heterocycles. The molecule has 2 N–H and O–H groups in total. The van der Waals surface area contributed by atoms with Gasteiger partial charge < -0.3 is 10.4 Å². The van der Waals surface area contributed by atoms with E-state index in [1.165, 1.54) is 16.7 Å². The van der Waals surface area contributed by atoms with E-state index in [0.29, 0.717) is 6.54 Å². The van der Waals surface area contributed by atoms with Crippen LogP contribution in [0.5, 0.6) is 0 Å². The van der Waals surface area contributed by atoms with Crippen LogP contribution >= 0.6 is 0 Å². The predicted molar refractivity (Wildman–Crippen MR) is 74.0 cm³/mol. The fourth-order valence-corrected chi connectivity index (χ4v) is 2.70. The topological polar surface area (TPSA) is 32.3 Å². The van der Waals surface area contributed by atoms with E-state index >= 15 is 0 Å². The van der Waals surface area contributed by atoms with Gasteiger partial charge in [-0.1, -0.05) is 48.0 Å². The number of hydrogen-bond acceptors (Lipinski definition) is 2. The standard InChI is InChI=1S/C16H17NO/c1-11-7-8-14-13(9-11)16(15(18)10-17-14)12-5-3-2-4-6-12/h2-9,15-18H,10H2,1H3/t15-,16-/m0/s1. The lowest BCUT2D eigenvalue weighted by atomic mass is 9.82. The van der Waals surface area contributed by atoms with E-state index in [2.05, 4.69) is 42.6 Å². The molecule has 0 unspecified atom stereocenters. The zero-order valence-corrected chi connectivity index (χ0v) is 10.4. The molecule has 2 nitrogen and oxygen atoms in total. The molecule has 0 aliphatic carbocycles. The number of β-amino-alcohol motifs (C(OH)–C–C–N with tert-alkyl or cyclic N) is 1. The Morgan fingerprint density at radius 2 is 1.89 bits per heavy atom. The van der Waals surface area contributed by atoms with Crippen molar-refractivity contribution in [3.8, 4) is 0 Å². The van der Waals surface area contributed by atoms with Crippen LogP contribution in [0.4, 0.5) is 5.69 Å². The number of anilines is 1. The first-order chi connectivity index (χ1) is 8.75. The Morgan fingerprint density at radius 3 is 2.67 bits per heavy atom. The molecule has 0 bridgehead atoms. The minimum absolute atomic E-state index is 0.0716. The molecule has 2 aromatic rings. The average molecular weight is 239 g/mol. The Bertz CT molecular complexity index is 550. The van der Waals surface area contributed by atoms with Crippen molar-refractivity contribution in [1.82, 2.24) is 0 Å². The Hall–Kier alpha value is -1.80. The van der Waals surface area contributed by atoms with E-state index in [9.17, 15) is 5.11 Å². The Kier molecular flexibility index (Phi) is 2.80. The van der Waals surface area contributed by atoms with E-state index in [4.69, 9.17) is 0 Å². The zero-order valence-electron chi connectivity index (χ0n) is 10.4. The van der Waals surface area contributed by atoms with E-state index in [-0.39, 0.29) is 12.0 Å². The molecular weight excluding hydrogens is 222 g/mol. The van der Waals surface area contributed by atoms with Crippen molar-refractivity contribution in [2.24, 2.45) is 0 Å². The summed E-state index contributed by atoms with van der Waals surface area (Å²) in [6.45, 7) is 2.69. The lowest BCUT2D eigenvalue weighted by molar-refractivity contribution is 0.165. The summed E-state index contributed by atoms with van der Waals surface area (Å²) >= 11 is 0. The normalized spacial score (nSPS) is 22.1. The predicted octanol–water partition coefficient (Wildman–Crippen LogP) is 2.91. The van der Waals surface area contributed by atoms with Gasteiger partial charge in [0.05, 0.1) is 6.10 Å². The Morgan fingerprint density at radius 1 is 1.11 bits per heavy atom. The molecule has 2 atom stereocenters. The molecule has 2 heteroatoms. The molecule has 0 aromatic heterocycles. The van der Waals surface area contributed by atoms with E-state index in [1.54, 1.807) is 0 Å². The number of aliphatic hydroxyl groups is 1. The van der Waals surface area contributed by atoms with Crippen molar-refractivity contribution < 1.29 is 5.11 Å². The van der Waals surface area contributed by atoms with Crippen LogP contribution in [0.1, 0.15) is 22.6 Å². The van der Waals surface area contributed by atoms with E-state index in [0.717, 1.165) is 5.69 Å². The first-order valence-corrected chi connectivity index (χ1v) is 6.33. The number of rotatable bonds is 1. The SMILES string of the molecule is Cc1ccc2c(c1)[C@H](c1ccccc1)[C@@H](O)CN2. The lowest BCUT2D eigenvalue weighted by Gasteiger charge is -2.32. The summed E-state index contributed by atoms with van der Waals surface area (Å²) in [7, 11) is 0. The van der Waals surface area contributed by atoms with Crippen molar-refractivity contribution in [3.63, 3.8) is 0 Å². The smallest absolute Gasteiger partial charge is 0.0822 e. The van der Waals surface area contributed by atoms with Crippen molar-refractivity contribution in [2.45, 2.75) is 18.9 Å². The van der Waals surface area contributed by atoms with Gasteiger partial charge in [0.1, 0.15) is 0 Å². The summed E-state index contributed by atoms with van der Waals surface area (Å²) in [5.41, 5.74) is 4.74. The summed E-state index contributed by atoms with van der Waals surface area (Å²) in [6.07, 6.45) is -0.373. The van der Waals surface area contributed by atoms with Gasteiger partial charge in [-0.15, -0.1) is 0 Å². The lowest BCUT2D eigenvalue weighted by Crippen LogP contribution is -2.33. The Balaban J connectivity index is 2.12. The second-order valence-corrected chi connectivity index (χ2v) is 4.93. The van der Waals surface area contributed by atoms with Crippen LogP contribution < -0.4 is 5.32 Å². The molecule has 3 rings (SSSR count). The highest BCUT2D eigenvalue weighted by Crippen LogP contribution is 2.37. The third kappa shape index (κ3) is 1.89. The molecule has 0 fully saturated rings. The molecule has 18 heavy (non-hydrogen) atoms. The van der Waals surface area contributed by atoms with Crippen molar-refractivity contribution in [2.75, 3.05) is 11.9 Å². The highest BCUT2D eigenvalue weighted by Gasteiger charge is 2.29. The van der Waals surface area contributed by atoms with Crippen molar-refractivity contribution >= 4 is 5.69 Å². The number of nitrogens with one attached hydrogen (secondary N) is 1. The number of aliphatic hydroxyl groups excluding tert-OH is 1. The van der Waals surface area contributed by atoms with Gasteiger partial charge >= 0.3 is 0 Å². The van der Waals surface area contributed by atoms with Crippen LogP contribution in [0.2, 0.25) is 0 Å². The maximum Gasteiger partial charge on any atom is 0.0822 e. The van der Waals surface area contributed by atoms with E-state index in [1.807, 2.05) is 18.2 Å². The maximum atomic E-state index is 10.3. The quantitative estimate of drug-likeness (QED) is 0.802. The average Bonchev–Trinajstić information content (AvgIpc) is 2.39. The largest absolute Gasteiger partial charge is 0.390 e. The first kappa shape index (κ1) is 11.3. The van der Waals surface area contributed by atoms with E-state index < -0.39 is 0 Å². The van der Waals surface area contributed by atoms with Crippen LogP contribution in [0.25, 0.3) is 0 Å². The van der Waals surface area contributed by atoms with Crippen LogP contribution in [0.3, 0.4) is 0 Å². The number of fused-ring (bicyclic) bond motifs is 1. The summed E-state index contributed by atoms with van der Waals surface area (Å²) in [5.74, 6) is 0.0716. The molecule has 2 aromatic carbocycles. The van der Waals surface area contributed by atoms with Gasteiger partial charge in [-0.25, -0.2) is 0 Å². The molecule has 0 amide bonds. The fraction of sp³-hybridized carbons (Fsp3) is 0.250. The molecule has 1 aliphatic rings. The number of benzene rings is 2. The second-order valence-electron chi connectivity index (χ2n) is 4.93. The van der Waals surface area contributed by atoms with Crippen LogP contribution in [-0.2, 0) is 0 Å². The minimum atomic E-state index is -0.373. The van der Waals surface area contributed by atoms with Crippen LogP contribution in [-0.4, -0.2) is 17.8 Å². The summed E-state index contributed by atoms with van der Waals surface area (Å²) < 4.78 is 0. The van der Waals surface area contributed by atoms with Gasteiger partial charge in [-0.05, 0) is 24.1 Å². The van der Waals surface area contributed by atoms with Crippen LogP contribution in [0.15, 0.2) is 48.5 Å². The van der Waals surface area contributed by atoms with Crippen molar-refractivity contribution in [3.05, 3.63) is 65.2 Å². The molecular formula is C16H17NO. The van der Waals surface area contributed by atoms with Gasteiger partial charge in [0.2, 0.25) is 0 Å². The zero-order chi connectivity index (χ0) is 12.5. The number of hydrogen-bond donors (Lipinski definition) is 2. The number of aryl methyl sites for hydroxylation is 1. The monoisotopic (exact) mass is 239 g/mol. The Labute approximate surface area is 107 Å². The van der Waals surface area contributed by atoms with Crippen molar-refractivity contribution in [1.29, 1.82) is 0 Å². The van der Waals surface area contributed by atoms with Crippen LogP contribution in [0, 0.1) is 6.92 Å². The summed E-state index contributed by atoms with van der Waals surface area (Å²) in [6, 6.07) is 16.6. The highest BCUT2D eigenvalue weighted by molar-refractivity contribution is 5.59. The summed E-state index contributed by atoms with van der Waals surface area (Å²) in [4.78, 5) is 0. The van der Waals surface area contributed by atoms with Gasteiger partial charge in [0, 0.05) is 18.2 Å². The maximum absolute atomic E-state index is 10.3. The molecule has 0 spiro atoms. The van der Waals surface area contributed by atoms with Gasteiger partial charge in [-0.2, -0.15) is 0 Å². The third-order valence-electron chi connectivity index (χ3n) is 3.59. The van der Waals surface area contributed by atoms with Gasteiger partial charge in [-0.3, -0.25) is 0 Å². The second kappa shape index (κ2) is 4.46. The highest BCUT2D eigenvalue weighted by atomic mass is 16.3. The first-order valence-electron chi connectivity index (χ1n) is 6.33. The third-order valence-corrected chi connectivity index (χ3v) is 3.59. The molecule has 0 saturated carbocycles. The summed E-state index contributed by atoms with van der Waals surface area (Å²) in [5, 5.41) is 13.6. The van der Waals surface area contributed by atoms with Gasteiger partial charge in [0.25, 0.3) is 0 Å². The molecule has 0 saturated heterocycles.